The number of hydrogen-bond acceptors (Lipinski definition) is 4. The quantitative estimate of drug-likeness (QED) is 0.836. The number of thiazole rings is 1. The standard InChI is InChI=1S/C12H19ClN2OS/c13-6-11-9-17-12(14-11)3-5-15-4-1-2-10(7-15)8-16/h9-10,16H,1-8H2. The van der Waals surface area contributed by atoms with Crippen LogP contribution in [0, 0.1) is 5.92 Å². The van der Waals surface area contributed by atoms with E-state index in [9.17, 15) is 5.11 Å². The number of halogens is 1. The van der Waals surface area contributed by atoms with Gasteiger partial charge < -0.3 is 10.0 Å². The predicted molar refractivity (Wildman–Crippen MR) is 71.6 cm³/mol. The molecule has 1 aromatic heterocycles. The van der Waals surface area contributed by atoms with Crippen LogP contribution in [0.5, 0.6) is 0 Å². The third-order valence-electron chi connectivity index (χ3n) is 3.24. The third-order valence-corrected chi connectivity index (χ3v) is 4.47. The molecule has 5 heteroatoms. The summed E-state index contributed by atoms with van der Waals surface area (Å²) in [6.07, 6.45) is 3.37. The van der Waals surface area contributed by atoms with Crippen LogP contribution in [-0.4, -0.2) is 41.2 Å². The van der Waals surface area contributed by atoms with Gasteiger partial charge in [-0.1, -0.05) is 0 Å². The van der Waals surface area contributed by atoms with Crippen LogP contribution in [0.1, 0.15) is 23.5 Å². The van der Waals surface area contributed by atoms with Gasteiger partial charge in [-0.05, 0) is 25.3 Å². The first kappa shape index (κ1) is 13.3. The number of rotatable bonds is 5. The maximum Gasteiger partial charge on any atom is 0.0941 e. The van der Waals surface area contributed by atoms with E-state index in [2.05, 4.69) is 9.88 Å². The van der Waals surface area contributed by atoms with Gasteiger partial charge in [0.05, 0.1) is 16.6 Å². The van der Waals surface area contributed by atoms with E-state index in [1.54, 1.807) is 11.3 Å². The molecule has 1 aromatic rings. The highest BCUT2D eigenvalue weighted by atomic mass is 35.5. The molecule has 1 N–H and O–H groups in total. The van der Waals surface area contributed by atoms with Gasteiger partial charge in [0.25, 0.3) is 0 Å². The van der Waals surface area contributed by atoms with Crippen molar-refractivity contribution < 1.29 is 5.11 Å². The van der Waals surface area contributed by atoms with E-state index in [0.29, 0.717) is 18.4 Å². The van der Waals surface area contributed by atoms with Crippen LogP contribution in [0.3, 0.4) is 0 Å². The van der Waals surface area contributed by atoms with Crippen molar-refractivity contribution in [2.24, 2.45) is 5.92 Å². The number of hydrogen-bond donors (Lipinski definition) is 1. The smallest absolute Gasteiger partial charge is 0.0941 e. The van der Waals surface area contributed by atoms with Gasteiger partial charge in [0.2, 0.25) is 0 Å². The molecule has 0 saturated carbocycles. The Balaban J connectivity index is 1.77. The number of nitrogens with zero attached hydrogens (tertiary/aromatic N) is 2. The summed E-state index contributed by atoms with van der Waals surface area (Å²) < 4.78 is 0. The van der Waals surface area contributed by atoms with Gasteiger partial charge >= 0.3 is 0 Å². The summed E-state index contributed by atoms with van der Waals surface area (Å²) in [7, 11) is 0. The lowest BCUT2D eigenvalue weighted by molar-refractivity contribution is 0.121. The summed E-state index contributed by atoms with van der Waals surface area (Å²) in [5, 5.41) is 12.4. The van der Waals surface area contributed by atoms with Crippen molar-refractivity contribution in [1.29, 1.82) is 0 Å². The van der Waals surface area contributed by atoms with Crippen molar-refractivity contribution >= 4 is 22.9 Å². The van der Waals surface area contributed by atoms with E-state index in [4.69, 9.17) is 11.6 Å². The number of aliphatic hydroxyl groups excluding tert-OH is 1. The fraction of sp³-hybridized carbons (Fsp3) is 0.750. The van der Waals surface area contributed by atoms with Crippen LogP contribution < -0.4 is 0 Å². The second-order valence-electron chi connectivity index (χ2n) is 4.61. The lowest BCUT2D eigenvalue weighted by Gasteiger charge is -2.31. The molecule has 1 atom stereocenters. The zero-order chi connectivity index (χ0) is 12.1. The monoisotopic (exact) mass is 274 g/mol. The van der Waals surface area contributed by atoms with Gasteiger partial charge in [-0.25, -0.2) is 4.98 Å². The molecule has 1 aliphatic heterocycles. The molecule has 0 spiro atoms. The van der Waals surface area contributed by atoms with Gasteiger partial charge in [0.15, 0.2) is 0 Å². The predicted octanol–water partition coefficient (Wildman–Crippen LogP) is 2.13. The van der Waals surface area contributed by atoms with Crippen LogP contribution in [-0.2, 0) is 12.3 Å². The summed E-state index contributed by atoms with van der Waals surface area (Å²) in [6, 6.07) is 0. The van der Waals surface area contributed by atoms with Gasteiger partial charge in [-0.2, -0.15) is 0 Å². The summed E-state index contributed by atoms with van der Waals surface area (Å²) in [5.41, 5.74) is 0.985. The maximum atomic E-state index is 9.18. The van der Waals surface area contributed by atoms with E-state index in [1.165, 1.54) is 17.8 Å². The van der Waals surface area contributed by atoms with E-state index >= 15 is 0 Å². The van der Waals surface area contributed by atoms with Crippen LogP contribution in [0.2, 0.25) is 0 Å². The summed E-state index contributed by atoms with van der Waals surface area (Å²) >= 11 is 7.43. The minimum absolute atomic E-state index is 0.324. The molecule has 1 fully saturated rings. The van der Waals surface area contributed by atoms with Gasteiger partial charge in [0.1, 0.15) is 0 Å². The van der Waals surface area contributed by atoms with Crippen LogP contribution in [0.25, 0.3) is 0 Å². The Morgan fingerprint density at radius 3 is 3.18 bits per heavy atom. The van der Waals surface area contributed by atoms with Crippen molar-refractivity contribution in [3.05, 3.63) is 16.1 Å². The molecule has 0 amide bonds. The largest absolute Gasteiger partial charge is 0.396 e. The van der Waals surface area contributed by atoms with Gasteiger partial charge in [-0.15, -0.1) is 22.9 Å². The molecule has 17 heavy (non-hydrogen) atoms. The van der Waals surface area contributed by atoms with Crippen molar-refractivity contribution in [2.75, 3.05) is 26.2 Å². The Morgan fingerprint density at radius 1 is 1.59 bits per heavy atom. The number of piperidine rings is 1. The SMILES string of the molecule is OCC1CCCN(CCc2nc(CCl)cs2)C1. The second-order valence-corrected chi connectivity index (χ2v) is 5.82. The molecule has 3 nitrogen and oxygen atoms in total. The Labute approximate surface area is 111 Å². The van der Waals surface area contributed by atoms with Crippen LogP contribution >= 0.6 is 22.9 Å². The van der Waals surface area contributed by atoms with Gasteiger partial charge in [-0.3, -0.25) is 0 Å². The minimum Gasteiger partial charge on any atom is -0.396 e. The average Bonchev–Trinajstić information content (AvgIpc) is 2.84. The topological polar surface area (TPSA) is 36.4 Å². The zero-order valence-electron chi connectivity index (χ0n) is 9.94. The normalized spacial score (nSPS) is 21.9. The van der Waals surface area contributed by atoms with E-state index in [0.717, 1.165) is 31.7 Å². The van der Waals surface area contributed by atoms with Gasteiger partial charge in [0, 0.05) is 31.5 Å². The molecule has 0 bridgehead atoms. The zero-order valence-corrected chi connectivity index (χ0v) is 11.5. The molecule has 1 unspecified atom stereocenters. The lowest BCUT2D eigenvalue weighted by Crippen LogP contribution is -2.37. The van der Waals surface area contributed by atoms with E-state index in [-0.39, 0.29) is 0 Å². The minimum atomic E-state index is 0.324. The van der Waals surface area contributed by atoms with Crippen LogP contribution in [0.4, 0.5) is 0 Å². The van der Waals surface area contributed by atoms with E-state index < -0.39 is 0 Å². The summed E-state index contributed by atoms with van der Waals surface area (Å²) in [6.45, 7) is 3.56. The van der Waals surface area contributed by atoms with Crippen molar-refractivity contribution in [3.8, 4) is 0 Å². The molecular weight excluding hydrogens is 256 g/mol. The number of likely N-dealkylation sites (tertiary alicyclic amines) is 1. The van der Waals surface area contributed by atoms with Crippen molar-refractivity contribution in [3.63, 3.8) is 0 Å². The Bertz CT molecular complexity index is 345. The number of aliphatic hydroxyl groups is 1. The highest BCUT2D eigenvalue weighted by molar-refractivity contribution is 7.09. The molecule has 1 aliphatic rings. The molecule has 2 heterocycles. The first-order valence-corrected chi connectivity index (χ1v) is 7.55. The molecule has 1 saturated heterocycles. The first-order chi connectivity index (χ1) is 8.31. The highest BCUT2D eigenvalue weighted by Crippen LogP contribution is 2.17. The fourth-order valence-corrected chi connectivity index (χ4v) is 3.30. The Kier molecular flexibility index (Phi) is 5.22. The molecule has 0 radical (unpaired) electrons. The van der Waals surface area contributed by atoms with Crippen molar-refractivity contribution in [2.45, 2.75) is 25.1 Å². The second kappa shape index (κ2) is 6.69. The Hall–Kier alpha value is -0.160. The molecule has 96 valence electrons. The third kappa shape index (κ3) is 3.91. The average molecular weight is 275 g/mol. The summed E-state index contributed by atoms with van der Waals surface area (Å²) in [4.78, 5) is 6.90. The molecular formula is C12H19ClN2OS. The fourth-order valence-electron chi connectivity index (χ4n) is 2.28. The molecule has 0 aliphatic carbocycles. The number of aromatic nitrogens is 1. The van der Waals surface area contributed by atoms with E-state index in [1.807, 2.05) is 5.38 Å². The Morgan fingerprint density at radius 2 is 2.47 bits per heavy atom. The summed E-state index contributed by atoms with van der Waals surface area (Å²) in [5.74, 6) is 0.978. The van der Waals surface area contributed by atoms with Crippen molar-refractivity contribution in [1.82, 2.24) is 9.88 Å². The molecule has 2 rings (SSSR count). The number of alkyl halides is 1. The lowest BCUT2D eigenvalue weighted by atomic mass is 9.99. The molecule has 0 aromatic carbocycles. The maximum absolute atomic E-state index is 9.18. The highest BCUT2D eigenvalue weighted by Gasteiger charge is 2.18. The van der Waals surface area contributed by atoms with Crippen LogP contribution in [0.15, 0.2) is 5.38 Å². The first-order valence-electron chi connectivity index (χ1n) is 6.14.